The maximum Gasteiger partial charge on any atom is 0.425 e. The van der Waals surface area contributed by atoms with Crippen LogP contribution in [0.3, 0.4) is 0 Å². The number of benzene rings is 1. The van der Waals surface area contributed by atoms with Gasteiger partial charge in [0.05, 0.1) is 19.4 Å². The quantitative estimate of drug-likeness (QED) is 0.683. The van der Waals surface area contributed by atoms with Crippen LogP contribution >= 0.6 is 0 Å². The summed E-state index contributed by atoms with van der Waals surface area (Å²) in [5.41, 5.74) is 3.23. The molecular formula is C13H14F3NO3. The van der Waals surface area contributed by atoms with Crippen molar-refractivity contribution in [3.8, 4) is 5.75 Å². The van der Waals surface area contributed by atoms with Crippen LogP contribution in [0.4, 0.5) is 13.2 Å². The van der Waals surface area contributed by atoms with E-state index in [1.54, 1.807) is 6.07 Å². The molecule has 0 aromatic heterocycles. The number of carbonyl (C=O) groups is 1. The molecule has 0 amide bonds. The molecule has 0 atom stereocenters. The average Bonchev–Trinajstić information content (AvgIpc) is 2.37. The molecule has 0 fully saturated rings. The Bertz CT molecular complexity index is 524. The molecule has 0 saturated carbocycles. The lowest BCUT2D eigenvalue weighted by atomic mass is 10.1. The van der Waals surface area contributed by atoms with E-state index in [1.807, 2.05) is 0 Å². The molecule has 1 rings (SSSR count). The van der Waals surface area contributed by atoms with Gasteiger partial charge in [-0.3, -0.25) is 0 Å². The van der Waals surface area contributed by atoms with E-state index < -0.39 is 23.4 Å². The molecule has 0 spiro atoms. The van der Waals surface area contributed by atoms with E-state index in [0.29, 0.717) is 0 Å². The molecule has 0 aliphatic carbocycles. The summed E-state index contributed by atoms with van der Waals surface area (Å²) in [5.74, 6) is -1.38. The number of alkyl halides is 3. The molecule has 2 N–H and O–H groups in total. The summed E-state index contributed by atoms with van der Waals surface area (Å²) < 4.78 is 48.3. The van der Waals surface area contributed by atoms with E-state index in [1.165, 1.54) is 32.2 Å². The number of hydrogen-bond donors (Lipinski definition) is 1. The molecule has 1 aromatic rings. The summed E-state index contributed by atoms with van der Waals surface area (Å²) >= 11 is 0. The van der Waals surface area contributed by atoms with Gasteiger partial charge in [0.2, 0.25) is 0 Å². The molecule has 20 heavy (non-hydrogen) atoms. The molecule has 7 heteroatoms. The molecule has 0 saturated heterocycles. The fourth-order valence-corrected chi connectivity index (χ4v) is 1.58. The second-order valence-corrected chi connectivity index (χ2v) is 3.71. The van der Waals surface area contributed by atoms with Gasteiger partial charge in [-0.05, 0) is 19.1 Å². The molecule has 0 radical (unpaired) electrons. The number of methoxy groups -OCH3 is 1. The summed E-state index contributed by atoms with van der Waals surface area (Å²) in [6, 6.07) is 5.84. The minimum atomic E-state index is -4.92. The SMILES string of the molecule is CCOC(=O)C(=C(N)c1ccccc1OC)C(F)(F)F. The van der Waals surface area contributed by atoms with E-state index in [2.05, 4.69) is 4.74 Å². The van der Waals surface area contributed by atoms with Crippen molar-refractivity contribution >= 4 is 11.7 Å². The van der Waals surface area contributed by atoms with E-state index in [-0.39, 0.29) is 17.9 Å². The van der Waals surface area contributed by atoms with Gasteiger partial charge >= 0.3 is 12.1 Å². The Kier molecular flexibility index (Phi) is 5.01. The standard InChI is InChI=1S/C13H14F3NO3/c1-3-20-12(18)10(13(14,15)16)11(17)8-6-4-5-7-9(8)19-2/h4-7H,3,17H2,1-2H3. The third kappa shape index (κ3) is 3.43. The Morgan fingerprint density at radius 3 is 2.40 bits per heavy atom. The van der Waals surface area contributed by atoms with Gasteiger partial charge in [-0.1, -0.05) is 12.1 Å². The number of rotatable bonds is 4. The first-order valence-electron chi connectivity index (χ1n) is 5.70. The minimum absolute atomic E-state index is 0.0182. The minimum Gasteiger partial charge on any atom is -0.496 e. The second kappa shape index (κ2) is 6.31. The Hall–Kier alpha value is -2.18. The Balaban J connectivity index is 3.45. The van der Waals surface area contributed by atoms with Gasteiger partial charge < -0.3 is 15.2 Å². The van der Waals surface area contributed by atoms with E-state index in [4.69, 9.17) is 10.5 Å². The highest BCUT2D eigenvalue weighted by molar-refractivity contribution is 5.99. The highest BCUT2D eigenvalue weighted by Gasteiger charge is 2.42. The Labute approximate surface area is 114 Å². The van der Waals surface area contributed by atoms with Crippen molar-refractivity contribution < 1.29 is 27.4 Å². The lowest BCUT2D eigenvalue weighted by Crippen LogP contribution is -2.26. The lowest BCUT2D eigenvalue weighted by molar-refractivity contribution is -0.150. The van der Waals surface area contributed by atoms with Crippen molar-refractivity contribution in [3.05, 3.63) is 35.4 Å². The van der Waals surface area contributed by atoms with Crippen molar-refractivity contribution in [3.63, 3.8) is 0 Å². The van der Waals surface area contributed by atoms with Crippen LogP contribution in [-0.2, 0) is 9.53 Å². The summed E-state index contributed by atoms with van der Waals surface area (Å²) in [6.45, 7) is 1.23. The molecule has 0 unspecified atom stereocenters. The molecule has 1 aromatic carbocycles. The number of esters is 1. The van der Waals surface area contributed by atoms with Gasteiger partial charge in [0.15, 0.2) is 5.57 Å². The fraction of sp³-hybridized carbons (Fsp3) is 0.308. The van der Waals surface area contributed by atoms with E-state index in [0.717, 1.165) is 0 Å². The van der Waals surface area contributed by atoms with Gasteiger partial charge in [0, 0.05) is 5.56 Å². The third-order valence-corrected chi connectivity index (χ3v) is 2.43. The monoisotopic (exact) mass is 289 g/mol. The van der Waals surface area contributed by atoms with Crippen LogP contribution in [0.1, 0.15) is 12.5 Å². The fourth-order valence-electron chi connectivity index (χ4n) is 1.58. The Morgan fingerprint density at radius 2 is 1.90 bits per heavy atom. The molecule has 0 aliphatic heterocycles. The maximum atomic E-state index is 13.0. The zero-order valence-corrected chi connectivity index (χ0v) is 11.0. The zero-order valence-electron chi connectivity index (χ0n) is 11.0. The van der Waals surface area contributed by atoms with Crippen LogP contribution in [0.2, 0.25) is 0 Å². The normalized spacial score (nSPS) is 12.7. The number of hydrogen-bond acceptors (Lipinski definition) is 4. The molecule has 110 valence electrons. The highest BCUT2D eigenvalue weighted by atomic mass is 19.4. The molecule has 4 nitrogen and oxygen atoms in total. The highest BCUT2D eigenvalue weighted by Crippen LogP contribution is 2.34. The largest absolute Gasteiger partial charge is 0.496 e. The zero-order chi connectivity index (χ0) is 15.3. The molecular weight excluding hydrogens is 275 g/mol. The van der Waals surface area contributed by atoms with Crippen LogP contribution in [0, 0.1) is 0 Å². The van der Waals surface area contributed by atoms with Gasteiger partial charge in [0.25, 0.3) is 0 Å². The van der Waals surface area contributed by atoms with Crippen molar-refractivity contribution in [1.29, 1.82) is 0 Å². The van der Waals surface area contributed by atoms with Gasteiger partial charge in [-0.2, -0.15) is 13.2 Å². The van der Waals surface area contributed by atoms with Gasteiger partial charge in [-0.15, -0.1) is 0 Å². The van der Waals surface area contributed by atoms with Gasteiger partial charge in [0.1, 0.15) is 5.75 Å². The van der Waals surface area contributed by atoms with Crippen LogP contribution in [0.15, 0.2) is 29.8 Å². The van der Waals surface area contributed by atoms with Crippen molar-refractivity contribution in [1.82, 2.24) is 0 Å². The molecule has 0 bridgehead atoms. The number of carbonyl (C=O) groups excluding carboxylic acids is 1. The maximum absolute atomic E-state index is 13.0. The topological polar surface area (TPSA) is 61.5 Å². The second-order valence-electron chi connectivity index (χ2n) is 3.71. The third-order valence-electron chi connectivity index (χ3n) is 2.43. The van der Waals surface area contributed by atoms with Crippen molar-refractivity contribution in [2.75, 3.05) is 13.7 Å². The summed E-state index contributed by atoms with van der Waals surface area (Å²) in [4.78, 5) is 11.5. The lowest BCUT2D eigenvalue weighted by Gasteiger charge is -2.15. The average molecular weight is 289 g/mol. The predicted molar refractivity (Wildman–Crippen MR) is 66.8 cm³/mol. The Morgan fingerprint density at radius 1 is 1.30 bits per heavy atom. The molecule has 0 heterocycles. The summed E-state index contributed by atoms with van der Waals surface area (Å²) in [5, 5.41) is 0. The van der Waals surface area contributed by atoms with Crippen molar-refractivity contribution in [2.24, 2.45) is 5.73 Å². The summed E-state index contributed by atoms with van der Waals surface area (Å²) in [7, 11) is 1.30. The first kappa shape index (κ1) is 15.9. The first-order valence-corrected chi connectivity index (χ1v) is 5.70. The number of para-hydroxylation sites is 1. The van der Waals surface area contributed by atoms with Crippen LogP contribution in [-0.4, -0.2) is 25.9 Å². The van der Waals surface area contributed by atoms with E-state index in [9.17, 15) is 18.0 Å². The van der Waals surface area contributed by atoms with E-state index >= 15 is 0 Å². The number of halogens is 3. The van der Waals surface area contributed by atoms with Gasteiger partial charge in [-0.25, -0.2) is 4.79 Å². The number of ether oxygens (including phenoxy) is 2. The molecule has 0 aliphatic rings. The van der Waals surface area contributed by atoms with Crippen LogP contribution < -0.4 is 10.5 Å². The van der Waals surface area contributed by atoms with Crippen LogP contribution in [0.5, 0.6) is 5.75 Å². The smallest absolute Gasteiger partial charge is 0.425 e. The predicted octanol–water partition coefficient (Wildman–Crippen LogP) is 2.49. The summed E-state index contributed by atoms with van der Waals surface area (Å²) in [6.07, 6.45) is -4.92. The van der Waals surface area contributed by atoms with Crippen LogP contribution in [0.25, 0.3) is 5.70 Å². The van der Waals surface area contributed by atoms with Crippen molar-refractivity contribution in [2.45, 2.75) is 13.1 Å². The first-order chi connectivity index (χ1) is 9.32. The number of nitrogens with two attached hydrogens (primary N) is 1.